The SMILES string of the molecule is [NH3+]NC(=S)N1CCc2c([nH][nH]c2=O)C1. The fourth-order valence-electron chi connectivity index (χ4n) is 1.62. The summed E-state index contributed by atoms with van der Waals surface area (Å²) in [5, 5.41) is 6.03. The number of thiocarbonyl (C=S) groups is 1. The van der Waals surface area contributed by atoms with E-state index in [1.165, 1.54) is 0 Å². The smallest absolute Gasteiger partial charge is 0.267 e. The molecule has 1 aliphatic rings. The van der Waals surface area contributed by atoms with E-state index in [0.29, 0.717) is 11.7 Å². The van der Waals surface area contributed by atoms with Gasteiger partial charge < -0.3 is 10.00 Å². The molecule has 1 aromatic heterocycles. The van der Waals surface area contributed by atoms with Crippen LogP contribution in [0.2, 0.25) is 0 Å². The van der Waals surface area contributed by atoms with Crippen molar-refractivity contribution in [2.75, 3.05) is 6.54 Å². The van der Waals surface area contributed by atoms with Gasteiger partial charge in [-0.1, -0.05) is 0 Å². The lowest BCUT2D eigenvalue weighted by molar-refractivity contribution is -0.420. The molecule has 0 aromatic carbocycles. The molecule has 0 atom stereocenters. The second-order valence-corrected chi connectivity index (χ2v) is 3.58. The van der Waals surface area contributed by atoms with E-state index in [2.05, 4.69) is 21.5 Å². The Bertz CT molecular complexity index is 408. The summed E-state index contributed by atoms with van der Waals surface area (Å²) in [6.45, 7) is 1.39. The van der Waals surface area contributed by atoms with Gasteiger partial charge in [-0.3, -0.25) is 15.7 Å². The zero-order valence-electron chi connectivity index (χ0n) is 7.59. The van der Waals surface area contributed by atoms with Crippen LogP contribution < -0.4 is 16.8 Å². The number of fused-ring (bicyclic) bond motifs is 1. The number of quaternary nitrogens is 1. The molecule has 0 saturated carbocycles. The lowest BCUT2D eigenvalue weighted by Crippen LogP contribution is -2.69. The minimum atomic E-state index is -0.0202. The topological polar surface area (TPSA) is 91.6 Å². The third-order valence-electron chi connectivity index (χ3n) is 2.38. The molecule has 1 aliphatic heterocycles. The van der Waals surface area contributed by atoms with E-state index in [9.17, 15) is 4.79 Å². The number of aromatic amines is 2. The van der Waals surface area contributed by atoms with Crippen molar-refractivity contribution in [1.29, 1.82) is 0 Å². The van der Waals surface area contributed by atoms with E-state index >= 15 is 0 Å². The Morgan fingerprint density at radius 3 is 3.07 bits per heavy atom. The van der Waals surface area contributed by atoms with Crippen LogP contribution in [0.5, 0.6) is 0 Å². The van der Waals surface area contributed by atoms with Gasteiger partial charge in [0.25, 0.3) is 5.56 Å². The van der Waals surface area contributed by atoms with Crippen LogP contribution in [0.15, 0.2) is 4.79 Å². The minimum Gasteiger partial charge on any atom is -0.339 e. The van der Waals surface area contributed by atoms with Crippen LogP contribution in [0.4, 0.5) is 0 Å². The highest BCUT2D eigenvalue weighted by Crippen LogP contribution is 2.12. The van der Waals surface area contributed by atoms with Gasteiger partial charge in [-0.25, -0.2) is 5.43 Å². The maximum absolute atomic E-state index is 11.2. The number of rotatable bonds is 0. The normalized spacial score (nSPS) is 15.1. The van der Waals surface area contributed by atoms with Gasteiger partial charge in [0.15, 0.2) is 0 Å². The first-order valence-corrected chi connectivity index (χ1v) is 4.73. The summed E-state index contributed by atoms with van der Waals surface area (Å²) in [7, 11) is 0. The molecular weight excluding hydrogens is 202 g/mol. The molecule has 7 heteroatoms. The predicted molar refractivity (Wildman–Crippen MR) is 54.1 cm³/mol. The summed E-state index contributed by atoms with van der Waals surface area (Å²) in [5.74, 6) is 3.51. The van der Waals surface area contributed by atoms with E-state index in [0.717, 1.165) is 24.2 Å². The Labute approximate surface area is 85.4 Å². The largest absolute Gasteiger partial charge is 0.339 e. The van der Waals surface area contributed by atoms with Crippen molar-refractivity contribution in [2.24, 2.45) is 0 Å². The Morgan fingerprint density at radius 2 is 2.36 bits per heavy atom. The quantitative estimate of drug-likeness (QED) is 0.300. The number of H-pyrrole nitrogens is 2. The zero-order chi connectivity index (χ0) is 10.1. The molecule has 76 valence electrons. The highest BCUT2D eigenvalue weighted by Gasteiger charge is 2.21. The second kappa shape index (κ2) is 3.43. The van der Waals surface area contributed by atoms with Crippen LogP contribution in [-0.4, -0.2) is 26.8 Å². The molecule has 2 rings (SSSR count). The third-order valence-corrected chi connectivity index (χ3v) is 2.79. The van der Waals surface area contributed by atoms with Gasteiger partial charge >= 0.3 is 0 Å². The number of nitrogens with one attached hydrogen (secondary N) is 3. The van der Waals surface area contributed by atoms with E-state index < -0.39 is 0 Å². The van der Waals surface area contributed by atoms with Gasteiger partial charge in [0.2, 0.25) is 5.11 Å². The molecule has 0 spiro atoms. The van der Waals surface area contributed by atoms with Gasteiger partial charge in [0.1, 0.15) is 0 Å². The van der Waals surface area contributed by atoms with Crippen molar-refractivity contribution in [3.05, 3.63) is 21.6 Å². The monoisotopic (exact) mass is 214 g/mol. The molecule has 6 nitrogen and oxygen atoms in total. The second-order valence-electron chi connectivity index (χ2n) is 3.19. The first-order chi connectivity index (χ1) is 6.72. The van der Waals surface area contributed by atoms with E-state index in [1.54, 1.807) is 0 Å². The fourth-order valence-corrected chi connectivity index (χ4v) is 1.78. The van der Waals surface area contributed by atoms with Crippen molar-refractivity contribution in [2.45, 2.75) is 13.0 Å². The Morgan fingerprint density at radius 1 is 1.57 bits per heavy atom. The molecule has 1 aromatic rings. The zero-order valence-corrected chi connectivity index (χ0v) is 8.41. The Kier molecular flexibility index (Phi) is 2.26. The van der Waals surface area contributed by atoms with Gasteiger partial charge in [0, 0.05) is 12.1 Å². The van der Waals surface area contributed by atoms with Crippen molar-refractivity contribution in [3.8, 4) is 0 Å². The molecule has 2 heterocycles. The van der Waals surface area contributed by atoms with Gasteiger partial charge in [0.05, 0.1) is 12.2 Å². The molecule has 14 heavy (non-hydrogen) atoms. The highest BCUT2D eigenvalue weighted by atomic mass is 32.1. The van der Waals surface area contributed by atoms with E-state index in [1.807, 2.05) is 4.90 Å². The van der Waals surface area contributed by atoms with Crippen molar-refractivity contribution in [3.63, 3.8) is 0 Å². The van der Waals surface area contributed by atoms with E-state index in [-0.39, 0.29) is 5.56 Å². The minimum absolute atomic E-state index is 0.0202. The maximum Gasteiger partial charge on any atom is 0.267 e. The highest BCUT2D eigenvalue weighted by molar-refractivity contribution is 7.80. The lowest BCUT2D eigenvalue weighted by atomic mass is 10.1. The summed E-state index contributed by atoms with van der Waals surface area (Å²) in [4.78, 5) is 13.2. The van der Waals surface area contributed by atoms with Crippen LogP contribution in [0.25, 0.3) is 0 Å². The molecule has 0 aliphatic carbocycles. The number of nitrogens with zero attached hydrogens (tertiary/aromatic N) is 1. The summed E-state index contributed by atoms with van der Waals surface area (Å²) in [6, 6.07) is 0. The number of aromatic nitrogens is 2. The first-order valence-electron chi connectivity index (χ1n) is 4.32. The standard InChI is InChI=1S/C7H11N5OS/c8-9-7(14)12-2-1-4-5(3-12)10-11-6(4)13/h1-3,8H2,(H,9,14)(H2,10,11,13)/p+1. The van der Waals surface area contributed by atoms with Crippen molar-refractivity contribution < 1.29 is 5.84 Å². The molecular formula is C7H12N5OS+. The predicted octanol–water partition coefficient (Wildman–Crippen LogP) is -1.91. The van der Waals surface area contributed by atoms with Gasteiger partial charge in [-0.05, 0) is 18.6 Å². The third kappa shape index (κ3) is 1.40. The van der Waals surface area contributed by atoms with Crippen LogP contribution >= 0.6 is 12.2 Å². The summed E-state index contributed by atoms with van der Waals surface area (Å²) in [6.07, 6.45) is 0.718. The average Bonchev–Trinajstić information content (AvgIpc) is 2.59. The fraction of sp³-hybridized carbons (Fsp3) is 0.429. The van der Waals surface area contributed by atoms with Crippen molar-refractivity contribution in [1.82, 2.24) is 20.5 Å². The molecule has 0 amide bonds. The van der Waals surface area contributed by atoms with Crippen LogP contribution in [0, 0.1) is 0 Å². The molecule has 0 radical (unpaired) electrons. The van der Waals surface area contributed by atoms with Crippen LogP contribution in [0.1, 0.15) is 11.3 Å². The molecule has 0 fully saturated rings. The molecule has 0 bridgehead atoms. The first kappa shape index (κ1) is 9.22. The Balaban J connectivity index is 2.22. The van der Waals surface area contributed by atoms with E-state index in [4.69, 9.17) is 12.2 Å². The van der Waals surface area contributed by atoms with Crippen LogP contribution in [0.3, 0.4) is 0 Å². The lowest BCUT2D eigenvalue weighted by Gasteiger charge is -2.26. The molecule has 6 N–H and O–H groups in total. The van der Waals surface area contributed by atoms with Crippen LogP contribution in [-0.2, 0) is 13.0 Å². The number of hydrogen-bond donors (Lipinski definition) is 4. The summed E-state index contributed by atoms with van der Waals surface area (Å²) in [5.41, 5.74) is 4.41. The van der Waals surface area contributed by atoms with Gasteiger partial charge in [-0.2, -0.15) is 0 Å². The summed E-state index contributed by atoms with van der Waals surface area (Å²) >= 11 is 5.06. The summed E-state index contributed by atoms with van der Waals surface area (Å²) < 4.78 is 0. The maximum atomic E-state index is 11.2. The number of hydrogen-bond acceptors (Lipinski definition) is 2. The Hall–Kier alpha value is -1.34. The average molecular weight is 214 g/mol. The molecule has 0 saturated heterocycles. The van der Waals surface area contributed by atoms with Crippen molar-refractivity contribution >= 4 is 17.3 Å². The molecule has 0 unspecified atom stereocenters. The van der Waals surface area contributed by atoms with Gasteiger partial charge in [-0.15, -0.1) is 0 Å².